The Hall–Kier alpha value is -1.84. The van der Waals surface area contributed by atoms with Crippen molar-refractivity contribution in [2.24, 2.45) is 0 Å². The van der Waals surface area contributed by atoms with Crippen molar-refractivity contribution < 1.29 is 14.3 Å². The van der Waals surface area contributed by atoms with Crippen molar-refractivity contribution in [3.8, 4) is 0 Å². The summed E-state index contributed by atoms with van der Waals surface area (Å²) in [5, 5.41) is 9.36. The molecular formula is C10H8FNO2. The lowest BCUT2D eigenvalue weighted by Gasteiger charge is -1.97. The summed E-state index contributed by atoms with van der Waals surface area (Å²) in [5.74, 6) is -1.35. The SMILES string of the molecule is Cc1cc2c(C(=O)O)c[nH]c2cc1F. The number of carbonyl (C=O) groups is 1. The number of fused-ring (bicyclic) bond motifs is 1. The van der Waals surface area contributed by atoms with Gasteiger partial charge in [-0.2, -0.15) is 0 Å². The number of hydrogen-bond donors (Lipinski definition) is 2. The molecule has 0 atom stereocenters. The predicted molar refractivity (Wildman–Crippen MR) is 50.0 cm³/mol. The average molecular weight is 193 g/mol. The van der Waals surface area contributed by atoms with E-state index in [1.54, 1.807) is 6.92 Å². The highest BCUT2D eigenvalue weighted by atomic mass is 19.1. The number of aromatic nitrogens is 1. The molecule has 2 rings (SSSR count). The molecule has 0 fully saturated rings. The Morgan fingerprint density at radius 3 is 2.86 bits per heavy atom. The molecule has 0 radical (unpaired) electrons. The predicted octanol–water partition coefficient (Wildman–Crippen LogP) is 2.31. The van der Waals surface area contributed by atoms with Crippen LogP contribution in [-0.2, 0) is 0 Å². The molecule has 1 heterocycles. The van der Waals surface area contributed by atoms with E-state index >= 15 is 0 Å². The normalized spacial score (nSPS) is 10.7. The minimum Gasteiger partial charge on any atom is -0.478 e. The lowest BCUT2D eigenvalue weighted by Crippen LogP contribution is -1.94. The maximum atomic E-state index is 13.1. The van der Waals surface area contributed by atoms with Crippen LogP contribution in [0, 0.1) is 12.7 Å². The van der Waals surface area contributed by atoms with Gasteiger partial charge in [0, 0.05) is 17.1 Å². The van der Waals surface area contributed by atoms with Gasteiger partial charge in [-0.25, -0.2) is 9.18 Å². The molecule has 0 unspecified atom stereocenters. The van der Waals surface area contributed by atoms with Crippen molar-refractivity contribution >= 4 is 16.9 Å². The van der Waals surface area contributed by atoms with Gasteiger partial charge in [0.05, 0.1) is 5.56 Å². The third kappa shape index (κ3) is 1.16. The van der Waals surface area contributed by atoms with E-state index in [0.29, 0.717) is 16.5 Å². The highest BCUT2D eigenvalue weighted by Gasteiger charge is 2.11. The number of aryl methyl sites for hydroxylation is 1. The Kier molecular flexibility index (Phi) is 1.77. The molecular weight excluding hydrogens is 185 g/mol. The summed E-state index contributed by atoms with van der Waals surface area (Å²) >= 11 is 0. The van der Waals surface area contributed by atoms with E-state index in [9.17, 15) is 9.18 Å². The third-order valence-electron chi connectivity index (χ3n) is 2.19. The van der Waals surface area contributed by atoms with E-state index in [1.165, 1.54) is 18.3 Å². The van der Waals surface area contributed by atoms with E-state index < -0.39 is 5.97 Å². The molecule has 0 amide bonds. The minimum atomic E-state index is -1.01. The summed E-state index contributed by atoms with van der Waals surface area (Å²) in [6, 6.07) is 2.84. The van der Waals surface area contributed by atoms with Gasteiger partial charge in [-0.05, 0) is 24.6 Å². The zero-order chi connectivity index (χ0) is 10.3. The average Bonchev–Trinajstić information content (AvgIpc) is 2.48. The number of rotatable bonds is 1. The highest BCUT2D eigenvalue weighted by Crippen LogP contribution is 2.21. The van der Waals surface area contributed by atoms with Crippen molar-refractivity contribution in [3.63, 3.8) is 0 Å². The van der Waals surface area contributed by atoms with E-state index in [4.69, 9.17) is 5.11 Å². The van der Waals surface area contributed by atoms with Crippen LogP contribution in [0.15, 0.2) is 18.3 Å². The molecule has 3 nitrogen and oxygen atoms in total. The van der Waals surface area contributed by atoms with Crippen LogP contribution < -0.4 is 0 Å². The first-order valence-electron chi connectivity index (χ1n) is 4.10. The molecule has 2 N–H and O–H groups in total. The van der Waals surface area contributed by atoms with Gasteiger partial charge in [0.15, 0.2) is 0 Å². The number of nitrogens with one attached hydrogen (secondary N) is 1. The smallest absolute Gasteiger partial charge is 0.337 e. The summed E-state index contributed by atoms with van der Waals surface area (Å²) in [7, 11) is 0. The summed E-state index contributed by atoms with van der Waals surface area (Å²) in [5.41, 5.74) is 1.12. The summed E-state index contributed by atoms with van der Waals surface area (Å²) in [4.78, 5) is 13.5. The Morgan fingerprint density at radius 1 is 1.50 bits per heavy atom. The molecule has 72 valence electrons. The largest absolute Gasteiger partial charge is 0.478 e. The number of aromatic carboxylic acids is 1. The molecule has 0 aliphatic heterocycles. The molecule has 0 saturated heterocycles. The molecule has 2 aromatic rings. The van der Waals surface area contributed by atoms with Crippen molar-refractivity contribution in [2.75, 3.05) is 0 Å². The Morgan fingerprint density at radius 2 is 2.21 bits per heavy atom. The Bertz CT molecular complexity index is 516. The van der Waals surface area contributed by atoms with Crippen molar-refractivity contribution in [2.45, 2.75) is 6.92 Å². The highest BCUT2D eigenvalue weighted by molar-refractivity contribution is 6.03. The van der Waals surface area contributed by atoms with Gasteiger partial charge in [0.1, 0.15) is 5.82 Å². The minimum absolute atomic E-state index is 0.170. The van der Waals surface area contributed by atoms with Crippen LogP contribution in [0.5, 0.6) is 0 Å². The second kappa shape index (κ2) is 2.83. The van der Waals surface area contributed by atoms with Gasteiger partial charge in [-0.1, -0.05) is 0 Å². The lowest BCUT2D eigenvalue weighted by atomic mass is 10.1. The fourth-order valence-electron chi connectivity index (χ4n) is 1.43. The Balaban J connectivity index is 2.80. The van der Waals surface area contributed by atoms with Gasteiger partial charge < -0.3 is 10.1 Å². The first kappa shape index (κ1) is 8.74. The number of carboxylic acids is 1. The van der Waals surface area contributed by atoms with Gasteiger partial charge in [-0.15, -0.1) is 0 Å². The monoisotopic (exact) mass is 193 g/mol. The van der Waals surface area contributed by atoms with Crippen LogP contribution >= 0.6 is 0 Å². The zero-order valence-corrected chi connectivity index (χ0v) is 7.47. The Labute approximate surface area is 79.2 Å². The molecule has 1 aromatic carbocycles. The molecule has 0 aliphatic carbocycles. The number of aromatic amines is 1. The van der Waals surface area contributed by atoms with E-state index in [2.05, 4.69) is 4.98 Å². The number of halogens is 1. The standard InChI is InChI=1S/C10H8FNO2/c1-5-2-6-7(10(13)14)4-12-9(6)3-8(5)11/h2-4,12H,1H3,(H,13,14). The molecule has 0 spiro atoms. The van der Waals surface area contributed by atoms with Crippen molar-refractivity contribution in [1.29, 1.82) is 0 Å². The first-order chi connectivity index (χ1) is 6.59. The second-order valence-corrected chi connectivity index (χ2v) is 3.15. The second-order valence-electron chi connectivity index (χ2n) is 3.15. The molecule has 4 heteroatoms. The first-order valence-corrected chi connectivity index (χ1v) is 4.10. The zero-order valence-electron chi connectivity index (χ0n) is 7.47. The van der Waals surface area contributed by atoms with Gasteiger partial charge >= 0.3 is 5.97 Å². The summed E-state index contributed by atoms with van der Waals surface area (Å²) in [6.07, 6.45) is 1.37. The fraction of sp³-hybridized carbons (Fsp3) is 0.100. The maximum absolute atomic E-state index is 13.1. The van der Waals surface area contributed by atoms with Gasteiger partial charge in [-0.3, -0.25) is 0 Å². The van der Waals surface area contributed by atoms with Crippen LogP contribution in [0.2, 0.25) is 0 Å². The number of carboxylic acid groups (broad SMARTS) is 1. The molecule has 0 bridgehead atoms. The van der Waals surface area contributed by atoms with Crippen LogP contribution in [0.3, 0.4) is 0 Å². The molecule has 1 aromatic heterocycles. The molecule has 0 aliphatic rings. The van der Waals surface area contributed by atoms with Crippen LogP contribution in [0.1, 0.15) is 15.9 Å². The summed E-state index contributed by atoms with van der Waals surface area (Å²) in [6.45, 7) is 1.60. The van der Waals surface area contributed by atoms with Crippen molar-refractivity contribution in [1.82, 2.24) is 4.98 Å². The number of H-pyrrole nitrogens is 1. The van der Waals surface area contributed by atoms with Crippen LogP contribution in [0.4, 0.5) is 4.39 Å². The van der Waals surface area contributed by atoms with Crippen LogP contribution in [-0.4, -0.2) is 16.1 Å². The molecule has 14 heavy (non-hydrogen) atoms. The topological polar surface area (TPSA) is 53.1 Å². The van der Waals surface area contributed by atoms with Gasteiger partial charge in [0.25, 0.3) is 0 Å². The number of benzene rings is 1. The van der Waals surface area contributed by atoms with E-state index in [0.717, 1.165) is 0 Å². The quantitative estimate of drug-likeness (QED) is 0.730. The maximum Gasteiger partial charge on any atom is 0.337 e. The lowest BCUT2D eigenvalue weighted by molar-refractivity contribution is 0.0699. The third-order valence-corrected chi connectivity index (χ3v) is 2.19. The number of hydrogen-bond acceptors (Lipinski definition) is 1. The van der Waals surface area contributed by atoms with E-state index in [1.807, 2.05) is 0 Å². The van der Waals surface area contributed by atoms with Gasteiger partial charge in [0.2, 0.25) is 0 Å². The fourth-order valence-corrected chi connectivity index (χ4v) is 1.43. The van der Waals surface area contributed by atoms with E-state index in [-0.39, 0.29) is 11.4 Å². The van der Waals surface area contributed by atoms with Crippen LogP contribution in [0.25, 0.3) is 10.9 Å². The summed E-state index contributed by atoms with van der Waals surface area (Å²) < 4.78 is 13.1. The van der Waals surface area contributed by atoms with Crippen molar-refractivity contribution in [3.05, 3.63) is 35.3 Å². The molecule has 0 saturated carbocycles.